The summed E-state index contributed by atoms with van der Waals surface area (Å²) in [6.07, 6.45) is 0. The zero-order chi connectivity index (χ0) is 21.0. The van der Waals surface area contributed by atoms with Crippen LogP contribution in [0.4, 0.5) is 10.3 Å². The molecule has 0 saturated carbocycles. The Morgan fingerprint density at radius 1 is 0.800 bits per heavy atom. The maximum atomic E-state index is 13.4. The van der Waals surface area contributed by atoms with Gasteiger partial charge in [-0.25, -0.2) is 14.7 Å². The van der Waals surface area contributed by atoms with Gasteiger partial charge in [-0.1, -0.05) is 54.6 Å². The average Bonchev–Trinajstić information content (AvgIpc) is 2.75. The number of pyridine rings is 1. The summed E-state index contributed by atoms with van der Waals surface area (Å²) in [5, 5.41) is -0.484. The minimum atomic E-state index is -4.21. The fraction of sp³-hybridized carbons (Fsp3) is 0. The molecule has 9 heteroatoms. The third-order valence-electron chi connectivity index (χ3n) is 3.93. The number of nitrogens with zero attached hydrogens (tertiary/aromatic N) is 3. The normalized spacial score (nSPS) is 11.1. The highest BCUT2D eigenvalue weighted by Crippen LogP contribution is 2.26. The molecule has 2 aromatic heterocycles. The number of benzene rings is 2. The van der Waals surface area contributed by atoms with E-state index in [0.717, 1.165) is 11.6 Å². The van der Waals surface area contributed by atoms with Gasteiger partial charge in [-0.3, -0.25) is 0 Å². The van der Waals surface area contributed by atoms with Gasteiger partial charge in [0.1, 0.15) is 5.75 Å². The molecular weight excluding hydrogens is 407 g/mol. The first kappa shape index (κ1) is 19.5. The van der Waals surface area contributed by atoms with Crippen molar-refractivity contribution in [1.29, 1.82) is 0 Å². The lowest BCUT2D eigenvalue weighted by Crippen LogP contribution is -2.17. The monoisotopic (exact) mass is 422 g/mol. The number of rotatable bonds is 6. The molecule has 4 rings (SSSR count). The van der Waals surface area contributed by atoms with Gasteiger partial charge in [0, 0.05) is 11.6 Å². The Labute approximate surface area is 172 Å². The van der Waals surface area contributed by atoms with E-state index in [1.54, 1.807) is 30.3 Å². The molecule has 0 fully saturated rings. The van der Waals surface area contributed by atoms with Crippen molar-refractivity contribution in [2.45, 2.75) is 5.03 Å². The van der Waals surface area contributed by atoms with Crippen molar-refractivity contribution in [1.82, 2.24) is 15.0 Å². The topological polar surface area (TPSA) is 94.1 Å². The molecule has 4 aromatic rings. The minimum Gasteiger partial charge on any atom is -0.439 e. The number of halogens is 1. The molecule has 0 aliphatic rings. The fourth-order valence-corrected chi connectivity index (χ4v) is 3.50. The van der Waals surface area contributed by atoms with Crippen molar-refractivity contribution in [3.63, 3.8) is 0 Å². The Morgan fingerprint density at radius 2 is 1.50 bits per heavy atom. The summed E-state index contributed by atoms with van der Waals surface area (Å²) in [5.41, 5.74) is 1.18. The molecule has 0 radical (unpaired) electrons. The van der Waals surface area contributed by atoms with E-state index in [1.165, 1.54) is 12.1 Å². The third-order valence-corrected chi connectivity index (χ3v) is 5.16. The molecule has 0 aliphatic carbocycles. The molecule has 0 amide bonds. The number of sulfonamides is 1. The van der Waals surface area contributed by atoms with Gasteiger partial charge in [0.25, 0.3) is 10.0 Å². The summed E-state index contributed by atoms with van der Waals surface area (Å²) < 4.78 is 46.6. The van der Waals surface area contributed by atoms with Crippen LogP contribution in [0.15, 0.2) is 90.0 Å². The number of hydrogen-bond acceptors (Lipinski definition) is 6. The summed E-state index contributed by atoms with van der Waals surface area (Å²) in [6.45, 7) is 0. The van der Waals surface area contributed by atoms with E-state index in [9.17, 15) is 12.8 Å². The average molecular weight is 422 g/mol. The molecule has 2 aromatic carbocycles. The van der Waals surface area contributed by atoms with Crippen LogP contribution in [0.5, 0.6) is 11.6 Å². The summed E-state index contributed by atoms with van der Waals surface area (Å²) in [7, 11) is -4.21. The first-order valence-corrected chi connectivity index (χ1v) is 10.3. The fourth-order valence-electron chi connectivity index (χ4n) is 2.60. The third kappa shape index (κ3) is 4.58. The van der Waals surface area contributed by atoms with Gasteiger partial charge in [0.05, 0.1) is 5.69 Å². The van der Waals surface area contributed by atoms with Gasteiger partial charge in [-0.2, -0.15) is 17.8 Å². The molecule has 0 spiro atoms. The van der Waals surface area contributed by atoms with E-state index in [0.29, 0.717) is 11.4 Å². The van der Waals surface area contributed by atoms with Gasteiger partial charge in [-0.15, -0.1) is 0 Å². The van der Waals surface area contributed by atoms with Crippen molar-refractivity contribution in [3.8, 4) is 22.9 Å². The summed E-state index contributed by atoms with van der Waals surface area (Å²) in [4.78, 5) is 11.8. The molecule has 30 heavy (non-hydrogen) atoms. The SMILES string of the molecule is O=S(=O)(Nc1nc(Oc2ccccc2)cc(-c2ccccc2)n1)c1cccc(F)n1. The molecule has 150 valence electrons. The highest BCUT2D eigenvalue weighted by molar-refractivity contribution is 7.92. The number of hydrogen-bond donors (Lipinski definition) is 1. The van der Waals surface area contributed by atoms with Crippen LogP contribution in [0.2, 0.25) is 0 Å². The van der Waals surface area contributed by atoms with Gasteiger partial charge in [-0.05, 0) is 24.3 Å². The number of para-hydroxylation sites is 1. The first-order valence-electron chi connectivity index (χ1n) is 8.82. The standard InChI is InChI=1S/C21H15FN4O3S/c22-18-12-7-13-20(24-18)30(27,28)26-21-23-17(15-8-3-1-4-9-15)14-19(25-21)29-16-10-5-2-6-11-16/h1-14H,(H,23,25,26). The van der Waals surface area contributed by atoms with Gasteiger partial charge < -0.3 is 4.74 Å². The van der Waals surface area contributed by atoms with Crippen LogP contribution in [0.3, 0.4) is 0 Å². The van der Waals surface area contributed by atoms with Crippen molar-refractivity contribution < 1.29 is 17.5 Å². The predicted molar refractivity (Wildman–Crippen MR) is 109 cm³/mol. The lowest BCUT2D eigenvalue weighted by atomic mass is 10.1. The van der Waals surface area contributed by atoms with Crippen LogP contribution in [0.25, 0.3) is 11.3 Å². The zero-order valence-electron chi connectivity index (χ0n) is 15.4. The first-order chi connectivity index (χ1) is 14.5. The van der Waals surface area contributed by atoms with Gasteiger partial charge >= 0.3 is 0 Å². The maximum absolute atomic E-state index is 13.4. The number of aromatic nitrogens is 3. The van der Waals surface area contributed by atoms with Crippen LogP contribution >= 0.6 is 0 Å². The minimum absolute atomic E-state index is 0.139. The Bertz CT molecular complexity index is 1270. The molecule has 7 nitrogen and oxygen atoms in total. The molecule has 0 atom stereocenters. The molecule has 0 saturated heterocycles. The second kappa shape index (κ2) is 8.26. The smallest absolute Gasteiger partial charge is 0.281 e. The van der Waals surface area contributed by atoms with Crippen molar-refractivity contribution in [2.75, 3.05) is 4.72 Å². The summed E-state index contributed by atoms with van der Waals surface area (Å²) in [5.74, 6) is -0.478. The Morgan fingerprint density at radius 3 is 2.20 bits per heavy atom. The largest absolute Gasteiger partial charge is 0.439 e. The maximum Gasteiger partial charge on any atom is 0.281 e. The molecular formula is C21H15FN4O3S. The Kier molecular flexibility index (Phi) is 5.36. The molecule has 0 unspecified atom stereocenters. The van der Waals surface area contributed by atoms with Crippen LogP contribution in [-0.2, 0) is 10.0 Å². The zero-order valence-corrected chi connectivity index (χ0v) is 16.3. The molecule has 0 aliphatic heterocycles. The van der Waals surface area contributed by atoms with E-state index in [4.69, 9.17) is 4.74 Å². The second-order valence-electron chi connectivity index (χ2n) is 6.10. The van der Waals surface area contributed by atoms with Crippen LogP contribution in [0, 0.1) is 5.95 Å². The van der Waals surface area contributed by atoms with E-state index in [2.05, 4.69) is 19.7 Å². The Hall–Kier alpha value is -3.85. The predicted octanol–water partition coefficient (Wildman–Crippen LogP) is 4.27. The number of nitrogens with one attached hydrogen (secondary N) is 1. The van der Waals surface area contributed by atoms with E-state index >= 15 is 0 Å². The molecule has 0 bridgehead atoms. The van der Waals surface area contributed by atoms with E-state index in [-0.39, 0.29) is 11.8 Å². The van der Waals surface area contributed by atoms with Crippen molar-refractivity contribution >= 4 is 16.0 Å². The highest BCUT2D eigenvalue weighted by atomic mass is 32.2. The van der Waals surface area contributed by atoms with Crippen molar-refractivity contribution in [2.24, 2.45) is 0 Å². The van der Waals surface area contributed by atoms with Crippen molar-refractivity contribution in [3.05, 3.63) is 90.9 Å². The van der Waals surface area contributed by atoms with E-state index < -0.39 is 21.0 Å². The molecule has 1 N–H and O–H groups in total. The van der Waals surface area contributed by atoms with E-state index in [1.807, 2.05) is 36.4 Å². The quantitative estimate of drug-likeness (QED) is 0.467. The number of ether oxygens (including phenoxy) is 1. The molecule has 2 heterocycles. The lowest BCUT2D eigenvalue weighted by molar-refractivity contribution is 0.463. The van der Waals surface area contributed by atoms with Crippen LogP contribution in [-0.4, -0.2) is 23.4 Å². The summed E-state index contributed by atoms with van der Waals surface area (Å²) >= 11 is 0. The lowest BCUT2D eigenvalue weighted by Gasteiger charge is -2.11. The highest BCUT2D eigenvalue weighted by Gasteiger charge is 2.19. The van der Waals surface area contributed by atoms with Gasteiger partial charge in [0.15, 0.2) is 5.03 Å². The number of anilines is 1. The Balaban J connectivity index is 1.74. The van der Waals surface area contributed by atoms with Crippen LogP contribution in [0.1, 0.15) is 0 Å². The summed E-state index contributed by atoms with van der Waals surface area (Å²) in [6, 6.07) is 23.2. The second-order valence-corrected chi connectivity index (χ2v) is 7.73. The van der Waals surface area contributed by atoms with Gasteiger partial charge in [0.2, 0.25) is 17.8 Å². The van der Waals surface area contributed by atoms with Crippen LogP contribution < -0.4 is 9.46 Å².